The lowest BCUT2D eigenvalue weighted by atomic mass is 10.5. The van der Waals surface area contributed by atoms with Crippen molar-refractivity contribution in [3.05, 3.63) is 0 Å². The second kappa shape index (κ2) is 8.95. The molecule has 0 saturated heterocycles. The minimum absolute atomic E-state index is 0.758. The van der Waals surface area contributed by atoms with Gasteiger partial charge in [-0.25, -0.2) is 9.36 Å². The lowest BCUT2D eigenvalue weighted by Gasteiger charge is -2.03. The molecular weight excluding hydrogens is 312 g/mol. The summed E-state index contributed by atoms with van der Waals surface area (Å²) in [7, 11) is 3.67. The van der Waals surface area contributed by atoms with E-state index >= 15 is 0 Å². The number of nitrogens with zero attached hydrogens (tertiary/aromatic N) is 8. The van der Waals surface area contributed by atoms with Crippen LogP contribution in [0.1, 0.15) is 12.8 Å². The van der Waals surface area contributed by atoms with Crippen molar-refractivity contribution < 1.29 is 4.74 Å². The summed E-state index contributed by atoms with van der Waals surface area (Å²) < 4.78 is 8.93. The zero-order valence-corrected chi connectivity index (χ0v) is 13.7. The van der Waals surface area contributed by atoms with Crippen molar-refractivity contribution in [2.45, 2.75) is 23.2 Å². The van der Waals surface area contributed by atoms with Gasteiger partial charge in [0.25, 0.3) is 0 Å². The molecule has 0 bridgehead atoms. The van der Waals surface area contributed by atoms with Crippen LogP contribution in [-0.2, 0) is 18.8 Å². The predicted octanol–water partition coefficient (Wildman–Crippen LogP) is 0.415. The molecule has 0 unspecified atom stereocenters. The molecule has 0 fully saturated rings. The summed E-state index contributed by atoms with van der Waals surface area (Å²) in [4.78, 5) is 0. The monoisotopic (exact) mass is 330 g/mol. The van der Waals surface area contributed by atoms with Crippen LogP contribution in [-0.4, -0.2) is 65.1 Å². The number of aryl methyl sites for hydroxylation is 2. The molecule has 0 radical (unpaired) electrons. The summed E-state index contributed by atoms with van der Waals surface area (Å²) >= 11 is 3.28. The first-order valence-corrected chi connectivity index (χ1v) is 8.52. The molecule has 0 atom stereocenters. The summed E-state index contributed by atoms with van der Waals surface area (Å²) in [5.41, 5.74) is 0. The lowest BCUT2D eigenvalue weighted by molar-refractivity contribution is 0.137. The van der Waals surface area contributed by atoms with Crippen LogP contribution in [0, 0.1) is 0 Å². The largest absolute Gasteiger partial charge is 0.381 e. The van der Waals surface area contributed by atoms with E-state index in [1.165, 1.54) is 0 Å². The van der Waals surface area contributed by atoms with Gasteiger partial charge in [0, 0.05) is 38.8 Å². The average Bonchev–Trinajstić information content (AvgIpc) is 3.06. The van der Waals surface area contributed by atoms with Crippen molar-refractivity contribution in [3.8, 4) is 0 Å². The van der Waals surface area contributed by atoms with Crippen LogP contribution in [0.15, 0.2) is 10.3 Å². The van der Waals surface area contributed by atoms with Gasteiger partial charge in [0.1, 0.15) is 0 Å². The minimum Gasteiger partial charge on any atom is -0.381 e. The Balaban J connectivity index is 1.42. The van der Waals surface area contributed by atoms with E-state index in [0.29, 0.717) is 0 Å². The Morgan fingerprint density at radius 2 is 1.33 bits per heavy atom. The SMILES string of the molecule is Cn1nnnc1SCCCOCCCSc1nnnn1C. The number of hydrogen-bond acceptors (Lipinski definition) is 9. The highest BCUT2D eigenvalue weighted by Crippen LogP contribution is 2.14. The highest BCUT2D eigenvalue weighted by molar-refractivity contribution is 7.99. The van der Waals surface area contributed by atoms with Crippen LogP contribution in [0.25, 0.3) is 0 Å². The number of thioether (sulfide) groups is 2. The Morgan fingerprint density at radius 3 is 1.71 bits per heavy atom. The van der Waals surface area contributed by atoms with E-state index in [1.54, 1.807) is 32.9 Å². The Bertz CT molecular complexity index is 484. The van der Waals surface area contributed by atoms with E-state index < -0.39 is 0 Å². The van der Waals surface area contributed by atoms with Crippen molar-refractivity contribution in [1.82, 2.24) is 40.4 Å². The van der Waals surface area contributed by atoms with Crippen LogP contribution in [0.5, 0.6) is 0 Å². The molecule has 0 spiro atoms. The molecule has 2 rings (SSSR count). The molecule has 2 aromatic heterocycles. The molecule has 0 aliphatic rings. The average molecular weight is 330 g/mol. The molecule has 2 aromatic rings. The molecule has 0 aliphatic carbocycles. The third-order valence-corrected chi connectivity index (χ3v) is 4.68. The number of tetrazole rings is 2. The van der Waals surface area contributed by atoms with E-state index in [2.05, 4.69) is 31.1 Å². The molecule has 0 amide bonds. The van der Waals surface area contributed by atoms with E-state index in [4.69, 9.17) is 4.74 Å². The van der Waals surface area contributed by atoms with Gasteiger partial charge in [0.2, 0.25) is 10.3 Å². The van der Waals surface area contributed by atoms with E-state index in [-0.39, 0.29) is 0 Å². The van der Waals surface area contributed by atoms with Gasteiger partial charge in [-0.3, -0.25) is 0 Å². The normalized spacial score (nSPS) is 11.1. The van der Waals surface area contributed by atoms with E-state index in [1.807, 2.05) is 14.1 Å². The lowest BCUT2D eigenvalue weighted by Crippen LogP contribution is -2.01. The first kappa shape index (κ1) is 16.2. The van der Waals surface area contributed by atoms with Gasteiger partial charge in [0.15, 0.2) is 0 Å². The zero-order chi connectivity index (χ0) is 14.9. The molecule has 0 N–H and O–H groups in total. The third kappa shape index (κ3) is 5.59. The summed E-state index contributed by atoms with van der Waals surface area (Å²) in [6.07, 6.45) is 1.97. The maximum absolute atomic E-state index is 5.59. The zero-order valence-electron chi connectivity index (χ0n) is 12.0. The first-order valence-electron chi connectivity index (χ1n) is 6.55. The molecule has 2 heterocycles. The Labute approximate surface area is 131 Å². The van der Waals surface area contributed by atoms with Crippen molar-refractivity contribution in [3.63, 3.8) is 0 Å². The van der Waals surface area contributed by atoms with Gasteiger partial charge in [0.05, 0.1) is 0 Å². The fourth-order valence-electron chi connectivity index (χ4n) is 1.44. The standard InChI is InChI=1S/C10H18N8OS2/c1-17-9(11-13-15-17)20-7-3-5-19-6-4-8-21-10-12-14-16-18(10)2/h3-8H2,1-2H3. The smallest absolute Gasteiger partial charge is 0.209 e. The first-order chi connectivity index (χ1) is 10.3. The summed E-state index contributed by atoms with van der Waals surface area (Å²) in [5, 5.41) is 24.2. The van der Waals surface area contributed by atoms with Crippen molar-refractivity contribution in [2.24, 2.45) is 14.1 Å². The van der Waals surface area contributed by atoms with Gasteiger partial charge in [-0.2, -0.15) is 0 Å². The molecule has 0 saturated carbocycles. The number of aromatic nitrogens is 8. The molecule has 11 heteroatoms. The maximum atomic E-state index is 5.59. The minimum atomic E-state index is 0.758. The van der Waals surface area contributed by atoms with Crippen LogP contribution in [0.4, 0.5) is 0 Å². The van der Waals surface area contributed by atoms with Crippen LogP contribution < -0.4 is 0 Å². The second-order valence-corrected chi connectivity index (χ2v) is 6.31. The Kier molecular flexibility index (Phi) is 6.89. The van der Waals surface area contributed by atoms with Crippen molar-refractivity contribution in [2.75, 3.05) is 24.7 Å². The molecule has 21 heavy (non-hydrogen) atoms. The summed E-state index contributed by atoms with van der Waals surface area (Å²) in [6, 6.07) is 0. The maximum Gasteiger partial charge on any atom is 0.209 e. The molecule has 0 aromatic carbocycles. The van der Waals surface area contributed by atoms with Crippen molar-refractivity contribution in [1.29, 1.82) is 0 Å². The molecule has 116 valence electrons. The van der Waals surface area contributed by atoms with Gasteiger partial charge in [-0.05, 0) is 33.7 Å². The predicted molar refractivity (Wildman–Crippen MR) is 79.1 cm³/mol. The molecule has 9 nitrogen and oxygen atoms in total. The van der Waals surface area contributed by atoms with Gasteiger partial charge in [-0.15, -0.1) is 10.2 Å². The quantitative estimate of drug-likeness (QED) is 0.453. The summed E-state index contributed by atoms with van der Waals surface area (Å²) in [6.45, 7) is 1.52. The summed E-state index contributed by atoms with van der Waals surface area (Å²) in [5.74, 6) is 1.90. The van der Waals surface area contributed by atoms with E-state index in [9.17, 15) is 0 Å². The number of ether oxygens (including phenoxy) is 1. The Morgan fingerprint density at radius 1 is 0.857 bits per heavy atom. The fraction of sp³-hybridized carbons (Fsp3) is 0.800. The van der Waals surface area contributed by atoms with Crippen LogP contribution >= 0.6 is 23.5 Å². The molecular formula is C10H18N8OS2. The number of rotatable bonds is 10. The van der Waals surface area contributed by atoms with Crippen LogP contribution in [0.2, 0.25) is 0 Å². The van der Waals surface area contributed by atoms with Gasteiger partial charge >= 0.3 is 0 Å². The topological polar surface area (TPSA) is 96.4 Å². The fourth-order valence-corrected chi connectivity index (χ4v) is 2.96. The van der Waals surface area contributed by atoms with Gasteiger partial charge in [-0.1, -0.05) is 23.5 Å². The number of hydrogen-bond donors (Lipinski definition) is 0. The van der Waals surface area contributed by atoms with E-state index in [0.717, 1.165) is 47.9 Å². The Hall–Kier alpha value is -1.20. The highest BCUT2D eigenvalue weighted by atomic mass is 32.2. The third-order valence-electron chi connectivity index (χ3n) is 2.49. The van der Waals surface area contributed by atoms with Gasteiger partial charge < -0.3 is 4.74 Å². The van der Waals surface area contributed by atoms with Crippen LogP contribution in [0.3, 0.4) is 0 Å². The second-order valence-electron chi connectivity index (χ2n) is 4.19. The molecule has 0 aliphatic heterocycles. The highest BCUT2D eigenvalue weighted by Gasteiger charge is 2.03. The van der Waals surface area contributed by atoms with Crippen molar-refractivity contribution >= 4 is 23.5 Å².